The third-order valence-electron chi connectivity index (χ3n) is 23.3. The first-order valence-electron chi connectivity index (χ1n) is 43.5. The number of hydrogen-bond donors (Lipinski definition) is 4. The monoisotopic (exact) mass is 1700 g/mol. The van der Waals surface area contributed by atoms with Gasteiger partial charge in [-0.3, -0.25) is 39.1 Å². The Hall–Kier alpha value is -12.6. The van der Waals surface area contributed by atoms with Gasteiger partial charge in [-0.05, 0) is 191 Å². The van der Waals surface area contributed by atoms with Crippen LogP contribution < -0.4 is 55.0 Å². The van der Waals surface area contributed by atoms with Crippen LogP contribution >= 0.6 is 11.6 Å². The summed E-state index contributed by atoms with van der Waals surface area (Å²) in [6, 6.07) is 51.5. The fraction of sp³-hybridized carbons (Fsp3) is 0.364. The van der Waals surface area contributed by atoms with Gasteiger partial charge in [0, 0.05) is 44.2 Å². The van der Waals surface area contributed by atoms with E-state index in [0.717, 1.165) is 107 Å². The Morgan fingerprint density at radius 3 is 1.41 bits per heavy atom. The molecule has 125 heavy (non-hydrogen) atoms. The Labute approximate surface area is 730 Å². The number of H-pyrrole nitrogens is 4. The van der Waals surface area contributed by atoms with Gasteiger partial charge in [-0.2, -0.15) is 15.0 Å². The van der Waals surface area contributed by atoms with Gasteiger partial charge in [0.05, 0.1) is 70.5 Å². The normalized spacial score (nSPS) is 14.6. The average Bonchev–Trinajstić information content (AvgIpc) is 0.770. The number of allylic oxidation sites excluding steroid dienone is 2. The van der Waals surface area contributed by atoms with Crippen molar-refractivity contribution >= 4 is 57.1 Å². The van der Waals surface area contributed by atoms with Crippen LogP contribution in [0.15, 0.2) is 214 Å². The number of benzene rings is 7. The molecule has 0 saturated heterocycles. The van der Waals surface area contributed by atoms with Gasteiger partial charge in [0.15, 0.2) is 45.7 Å². The largest absolute Gasteiger partial charge is 0.376 e. The fourth-order valence-corrected chi connectivity index (χ4v) is 16.4. The summed E-state index contributed by atoms with van der Waals surface area (Å²) in [6.07, 6.45) is 13.4. The number of aromatic amines is 4. The van der Waals surface area contributed by atoms with Gasteiger partial charge in [-0.25, -0.2) is 34.3 Å². The molecule has 0 amide bonds. The van der Waals surface area contributed by atoms with Crippen molar-refractivity contribution in [2.24, 2.45) is 4.99 Å². The van der Waals surface area contributed by atoms with Crippen molar-refractivity contribution in [2.45, 2.75) is 216 Å². The molecule has 0 saturated carbocycles. The van der Waals surface area contributed by atoms with E-state index in [1.165, 1.54) is 44.5 Å². The van der Waals surface area contributed by atoms with E-state index in [4.69, 9.17) is 26.1 Å². The van der Waals surface area contributed by atoms with E-state index >= 15 is 0 Å². The van der Waals surface area contributed by atoms with Gasteiger partial charge in [0.1, 0.15) is 5.48 Å². The summed E-state index contributed by atoms with van der Waals surface area (Å²) in [5.41, 5.74) is 16.4. The summed E-state index contributed by atoms with van der Waals surface area (Å²) in [4.78, 5) is 133. The van der Waals surface area contributed by atoms with Crippen molar-refractivity contribution < 1.29 is 9.47 Å². The number of halogens is 1. The Morgan fingerprint density at radius 1 is 0.456 bits per heavy atom. The molecular weight excluding hydrogens is 1590 g/mol. The lowest BCUT2D eigenvalue weighted by molar-refractivity contribution is 0.0515. The number of nitrogens with zero attached hydrogens (tertiary/aromatic N) is 12. The molecule has 6 atom stereocenters. The second-order valence-corrected chi connectivity index (χ2v) is 33.5. The summed E-state index contributed by atoms with van der Waals surface area (Å²) in [6.45, 7) is 34.6. The first-order valence-corrected chi connectivity index (χ1v) is 43.9. The predicted molar refractivity (Wildman–Crippen MR) is 497 cm³/mol. The third kappa shape index (κ3) is 21.8. The van der Waals surface area contributed by atoms with Crippen molar-refractivity contribution in [1.29, 1.82) is 0 Å². The number of nitrogens with one attached hydrogen (secondary N) is 4. The number of fused-ring (bicyclic) bond motifs is 8. The molecule has 7 aliphatic heterocycles. The zero-order valence-electron chi connectivity index (χ0n) is 73.6. The quantitative estimate of drug-likeness (QED) is 0.0348. The number of ether oxygens (including phenoxy) is 2. The van der Waals surface area contributed by atoms with Crippen LogP contribution in [0.25, 0.3) is 74.2 Å². The Morgan fingerprint density at radius 2 is 0.912 bits per heavy atom. The van der Waals surface area contributed by atoms with Crippen molar-refractivity contribution in [3.05, 3.63) is 319 Å². The maximum Gasteiger partial charge on any atom is 0.349 e. The molecule has 25 nitrogen and oxygen atoms in total. The number of aryl methyl sites for hydroxylation is 6. The van der Waals surface area contributed by atoms with Gasteiger partial charge >= 0.3 is 17.1 Å². The minimum Gasteiger partial charge on any atom is -0.376 e. The zero-order valence-corrected chi connectivity index (χ0v) is 74.3. The summed E-state index contributed by atoms with van der Waals surface area (Å²) in [5.74, 6) is 2.61. The predicted octanol–water partition coefficient (Wildman–Crippen LogP) is 15.1. The van der Waals surface area contributed by atoms with E-state index in [-0.39, 0.29) is 58.6 Å². The van der Waals surface area contributed by atoms with Gasteiger partial charge in [-0.15, -0.1) is 0 Å². The molecule has 8 aliphatic rings. The Balaban J connectivity index is 0.000000143. The molecule has 0 fully saturated rings. The van der Waals surface area contributed by atoms with Crippen LogP contribution in [0.5, 0.6) is 0 Å². The molecule has 648 valence electrons. The highest BCUT2D eigenvalue weighted by molar-refractivity contribution is 6.30. The summed E-state index contributed by atoms with van der Waals surface area (Å²) in [7, 11) is 0. The maximum absolute atomic E-state index is 12.7. The Bertz CT molecular complexity index is 6710. The van der Waals surface area contributed by atoms with Gasteiger partial charge in [-0.1, -0.05) is 217 Å². The molecule has 0 bridgehead atoms. The van der Waals surface area contributed by atoms with E-state index < -0.39 is 33.7 Å². The van der Waals surface area contributed by atoms with Crippen molar-refractivity contribution in [1.82, 2.24) is 68.5 Å². The number of aromatic nitrogens is 14. The molecule has 6 unspecified atom stereocenters. The van der Waals surface area contributed by atoms with Crippen LogP contribution in [0.3, 0.4) is 0 Å². The van der Waals surface area contributed by atoms with Crippen LogP contribution in [-0.2, 0) is 54.8 Å². The van der Waals surface area contributed by atoms with Crippen LogP contribution in [0.1, 0.15) is 181 Å². The van der Waals surface area contributed by atoms with E-state index in [9.17, 15) is 33.6 Å². The average molecular weight is 1700 g/mol. The second-order valence-electron chi connectivity index (χ2n) is 33.0. The van der Waals surface area contributed by atoms with Gasteiger partial charge < -0.3 is 33.1 Å². The van der Waals surface area contributed by atoms with Crippen LogP contribution in [-0.4, -0.2) is 113 Å². The number of rotatable bonds is 27. The van der Waals surface area contributed by atoms with Crippen LogP contribution in [0.4, 0.5) is 5.82 Å². The highest BCUT2D eigenvalue weighted by Gasteiger charge is 2.35. The molecule has 1 aromatic heterocycles. The lowest BCUT2D eigenvalue weighted by Crippen LogP contribution is -2.54. The minimum absolute atomic E-state index is 0.0548. The van der Waals surface area contributed by atoms with Gasteiger partial charge in [0.2, 0.25) is 0 Å². The second kappa shape index (κ2) is 40.8. The van der Waals surface area contributed by atoms with Gasteiger partial charge in [0.25, 0.3) is 22.2 Å². The first kappa shape index (κ1) is 90.2. The molecule has 16 rings (SSSR count). The standard InChI is InChI=1S/C25H29ClN4O.2C25H28N4O3.C24H26N4O2/c1-5-6-19-14-21-22(13-16(19)3)30(24-23(29-21)25(31)28-17(4)27-24)12-11-15(2)18-7-9-20(26)10-8-18;1-5-32-19(12-17-8-6-16(4)7-9-17)14-29-21-11-10-18(15(2)3)13-20(21)26-22-23(29)27-25(31)28-24(22)30;1-4-6-17-11-12-21-20(14-17)26-22-23(27-25(31)28-24(22)30)29(21)15-19(32-5-2)13-18-9-7-16(3)8-10-18;1-4-16(3)18-11-12-20-19(14-18)25-21-22(26-24(30)27-23(21)29)28(20)13-5-6-17-9-7-15(2)8-10-17/h7-10,13-15,21-22H,4-6,11-12H2,1-3H3,(H,28,31);6-11,13,15,19H,5,12,14H2,1-4H3,(H,28,30,31);7-12,14,19H,4-6,13,15H2,1-3H3,(H,28,30,31);7-12,14,16H,4-6,13H2,1-3H3,(H,27,29,30). The maximum atomic E-state index is 12.7. The number of hydrogen-bond acceptors (Lipinski definition) is 18. The number of anilines is 1. The topological polar surface area (TPSA) is 322 Å². The molecule has 0 spiro atoms. The molecule has 26 heteroatoms. The molecule has 4 N–H and O–H groups in total. The molecule has 8 heterocycles. The highest BCUT2D eigenvalue weighted by atomic mass is 35.5. The molecular formula is C99H111ClN16O9. The van der Waals surface area contributed by atoms with E-state index in [0.29, 0.717) is 97.0 Å². The SMILES string of the molecule is C=c1nc2c(c(=O)[nH]1)=NC1C=C(CCC)C(C)=CC1N2CCC(C)c1ccc(Cl)cc1.CCC(C)c1ccc2c(c1)nc1c(=O)[nH]c(=O)nc-1n2CCCc1ccc(C)cc1.CCCc1ccc2c(c1)nc1c(=O)[nH]c(=O)nc-1n2CC(Cc1ccc(C)cc1)OCC.CCOC(Cc1ccc(C)cc1)Cn1c2nc(=O)[nH]c(=O)c-2nc2cc(C(C)C)ccc21. The van der Waals surface area contributed by atoms with Crippen LogP contribution in [0, 0.1) is 20.8 Å². The van der Waals surface area contributed by atoms with E-state index in [1.807, 2.05) is 76.1 Å². The van der Waals surface area contributed by atoms with Crippen molar-refractivity contribution in [2.75, 3.05) is 24.7 Å². The highest BCUT2D eigenvalue weighted by Crippen LogP contribution is 2.34. The molecule has 7 aromatic carbocycles. The Kier molecular flexibility index (Phi) is 29.4. The van der Waals surface area contributed by atoms with Crippen molar-refractivity contribution in [3.63, 3.8) is 0 Å². The lowest BCUT2D eigenvalue weighted by Gasteiger charge is -2.39. The van der Waals surface area contributed by atoms with E-state index in [2.05, 4.69) is 258 Å². The minimum atomic E-state index is -0.678. The summed E-state index contributed by atoms with van der Waals surface area (Å²) >= 11 is 6.05. The summed E-state index contributed by atoms with van der Waals surface area (Å²) < 4.78 is 17.9. The third-order valence-corrected chi connectivity index (χ3v) is 23.5. The van der Waals surface area contributed by atoms with Crippen molar-refractivity contribution in [3.8, 4) is 34.6 Å². The molecule has 0 radical (unpaired) electrons. The zero-order chi connectivity index (χ0) is 88.9. The first-order chi connectivity index (χ1) is 60.2. The lowest BCUT2D eigenvalue weighted by atomic mass is 9.88. The fourth-order valence-electron chi connectivity index (χ4n) is 16.3. The van der Waals surface area contributed by atoms with E-state index in [1.54, 1.807) is 0 Å². The van der Waals surface area contributed by atoms with Crippen LogP contribution in [0.2, 0.25) is 5.02 Å². The molecule has 1 aliphatic carbocycles. The summed E-state index contributed by atoms with van der Waals surface area (Å²) in [5, 5.41) is 1.15. The smallest absolute Gasteiger partial charge is 0.349 e. The molecule has 8 aromatic rings.